The number of carbonyl (C=O) groups excluding carboxylic acids is 2. The molecule has 11 nitrogen and oxygen atoms in total. The standard InChI is InChI=1S/C20H22N6O5/c1-3-26-18(20(30)22-13-5-4-6-14(11-13)31-2)16(12-21-26)23-19(29)15-7-9-25(24-15)10-8-17(27)28/h4-7,9,11-12H,3,8,10H2,1-2H3,(H,22,30)(H,23,29)(H,27,28). The lowest BCUT2D eigenvalue weighted by Crippen LogP contribution is -2.21. The molecule has 3 rings (SSSR count). The van der Waals surface area contributed by atoms with Crippen molar-refractivity contribution in [1.82, 2.24) is 19.6 Å². The summed E-state index contributed by atoms with van der Waals surface area (Å²) in [4.78, 5) is 36.2. The largest absolute Gasteiger partial charge is 0.497 e. The number of anilines is 2. The minimum atomic E-state index is -0.958. The molecular formula is C20H22N6O5. The molecule has 0 aliphatic carbocycles. The zero-order chi connectivity index (χ0) is 22.4. The van der Waals surface area contributed by atoms with Crippen LogP contribution in [0.2, 0.25) is 0 Å². The van der Waals surface area contributed by atoms with E-state index in [1.165, 1.54) is 34.9 Å². The number of aryl methyl sites for hydroxylation is 2. The van der Waals surface area contributed by atoms with Crippen LogP contribution in [-0.2, 0) is 17.9 Å². The van der Waals surface area contributed by atoms with Crippen LogP contribution in [-0.4, -0.2) is 49.6 Å². The Bertz CT molecular complexity index is 1100. The highest BCUT2D eigenvalue weighted by molar-refractivity contribution is 6.11. The van der Waals surface area contributed by atoms with Crippen LogP contribution in [0.1, 0.15) is 34.3 Å². The summed E-state index contributed by atoms with van der Waals surface area (Å²) in [6.07, 6.45) is 2.80. The number of carboxylic acids is 1. The van der Waals surface area contributed by atoms with Crippen LogP contribution in [0.3, 0.4) is 0 Å². The van der Waals surface area contributed by atoms with Gasteiger partial charge in [-0.25, -0.2) is 0 Å². The summed E-state index contributed by atoms with van der Waals surface area (Å²) in [5.74, 6) is -1.36. The van der Waals surface area contributed by atoms with E-state index in [4.69, 9.17) is 9.84 Å². The fourth-order valence-corrected chi connectivity index (χ4v) is 2.85. The molecule has 0 aliphatic rings. The molecule has 1 aromatic carbocycles. The zero-order valence-corrected chi connectivity index (χ0v) is 17.0. The fraction of sp³-hybridized carbons (Fsp3) is 0.250. The number of aromatic nitrogens is 4. The molecule has 0 aliphatic heterocycles. The van der Waals surface area contributed by atoms with Crippen molar-refractivity contribution in [2.45, 2.75) is 26.4 Å². The van der Waals surface area contributed by atoms with Crippen LogP contribution >= 0.6 is 0 Å². The van der Waals surface area contributed by atoms with E-state index in [1.807, 2.05) is 6.92 Å². The van der Waals surface area contributed by atoms with Crippen molar-refractivity contribution in [3.63, 3.8) is 0 Å². The number of hydrogen-bond donors (Lipinski definition) is 3. The second-order valence-corrected chi connectivity index (χ2v) is 6.47. The van der Waals surface area contributed by atoms with Gasteiger partial charge in [-0.1, -0.05) is 6.07 Å². The molecule has 3 N–H and O–H groups in total. The van der Waals surface area contributed by atoms with Gasteiger partial charge in [0.25, 0.3) is 11.8 Å². The molecule has 2 heterocycles. The van der Waals surface area contributed by atoms with Crippen LogP contribution in [0.5, 0.6) is 5.75 Å². The third-order valence-corrected chi connectivity index (χ3v) is 4.36. The van der Waals surface area contributed by atoms with Gasteiger partial charge in [-0.3, -0.25) is 23.7 Å². The molecule has 31 heavy (non-hydrogen) atoms. The molecule has 0 unspecified atom stereocenters. The van der Waals surface area contributed by atoms with Gasteiger partial charge >= 0.3 is 5.97 Å². The molecule has 0 bridgehead atoms. The zero-order valence-electron chi connectivity index (χ0n) is 17.0. The molecule has 0 radical (unpaired) electrons. The maximum Gasteiger partial charge on any atom is 0.305 e. The van der Waals surface area contributed by atoms with Crippen LogP contribution in [0.15, 0.2) is 42.7 Å². The number of carboxylic acid groups (broad SMARTS) is 1. The molecule has 162 valence electrons. The van der Waals surface area contributed by atoms with Gasteiger partial charge in [0.1, 0.15) is 11.4 Å². The van der Waals surface area contributed by atoms with Gasteiger partial charge < -0.3 is 20.5 Å². The lowest BCUT2D eigenvalue weighted by atomic mass is 10.2. The summed E-state index contributed by atoms with van der Waals surface area (Å²) in [5.41, 5.74) is 1.03. The van der Waals surface area contributed by atoms with Gasteiger partial charge in [-0.15, -0.1) is 0 Å². The van der Waals surface area contributed by atoms with Gasteiger partial charge in [0.15, 0.2) is 5.69 Å². The number of methoxy groups -OCH3 is 1. The first kappa shape index (κ1) is 21.6. The Morgan fingerprint density at radius 3 is 2.68 bits per heavy atom. The lowest BCUT2D eigenvalue weighted by Gasteiger charge is -2.10. The van der Waals surface area contributed by atoms with Crippen molar-refractivity contribution in [1.29, 1.82) is 0 Å². The maximum absolute atomic E-state index is 12.9. The summed E-state index contributed by atoms with van der Waals surface area (Å²) >= 11 is 0. The molecule has 0 atom stereocenters. The molecule has 0 spiro atoms. The van der Waals surface area contributed by atoms with Crippen LogP contribution in [0.4, 0.5) is 11.4 Å². The predicted octanol–water partition coefficient (Wildman–Crippen LogP) is 2.09. The average Bonchev–Trinajstić information content (AvgIpc) is 3.39. The summed E-state index contributed by atoms with van der Waals surface area (Å²) in [5, 5.41) is 22.4. The third-order valence-electron chi connectivity index (χ3n) is 4.36. The highest BCUT2D eigenvalue weighted by Gasteiger charge is 2.21. The number of rotatable bonds is 9. The van der Waals surface area contributed by atoms with Crippen LogP contribution in [0.25, 0.3) is 0 Å². The number of aliphatic carboxylic acids is 1. The average molecular weight is 426 g/mol. The van der Waals surface area contributed by atoms with E-state index in [0.29, 0.717) is 18.0 Å². The molecule has 3 aromatic rings. The van der Waals surface area contributed by atoms with Gasteiger partial charge in [0.2, 0.25) is 0 Å². The second kappa shape index (κ2) is 9.57. The van der Waals surface area contributed by atoms with E-state index in [-0.39, 0.29) is 30.0 Å². The smallest absolute Gasteiger partial charge is 0.305 e. The third kappa shape index (κ3) is 5.26. The highest BCUT2D eigenvalue weighted by atomic mass is 16.5. The minimum absolute atomic E-state index is 0.0915. The summed E-state index contributed by atoms with van der Waals surface area (Å²) in [6.45, 7) is 2.39. The molecule has 0 fully saturated rings. The minimum Gasteiger partial charge on any atom is -0.497 e. The Morgan fingerprint density at radius 1 is 1.16 bits per heavy atom. The number of ether oxygens (including phenoxy) is 1. The van der Waals surface area contributed by atoms with Gasteiger partial charge in [-0.05, 0) is 25.1 Å². The summed E-state index contributed by atoms with van der Waals surface area (Å²) < 4.78 is 8.00. The van der Waals surface area contributed by atoms with Gasteiger partial charge in [0.05, 0.1) is 32.0 Å². The lowest BCUT2D eigenvalue weighted by molar-refractivity contribution is -0.137. The Kier molecular flexibility index (Phi) is 6.65. The Labute approximate surface area is 177 Å². The fourth-order valence-electron chi connectivity index (χ4n) is 2.85. The van der Waals surface area contributed by atoms with Crippen LogP contribution in [0, 0.1) is 0 Å². The van der Waals surface area contributed by atoms with Crippen molar-refractivity contribution in [3.05, 3.63) is 54.1 Å². The molecular weight excluding hydrogens is 404 g/mol. The first-order valence-corrected chi connectivity index (χ1v) is 9.49. The molecule has 2 aromatic heterocycles. The number of nitrogens with zero attached hydrogens (tertiary/aromatic N) is 4. The summed E-state index contributed by atoms with van der Waals surface area (Å²) in [6, 6.07) is 8.36. The van der Waals surface area contributed by atoms with Crippen molar-refractivity contribution in [3.8, 4) is 5.75 Å². The number of carbonyl (C=O) groups is 3. The van der Waals surface area contributed by atoms with Crippen LogP contribution < -0.4 is 15.4 Å². The van der Waals surface area contributed by atoms with E-state index in [0.717, 1.165) is 0 Å². The Balaban J connectivity index is 1.76. The van der Waals surface area contributed by atoms with E-state index in [1.54, 1.807) is 24.3 Å². The SMILES string of the molecule is CCn1ncc(NC(=O)c2ccn(CCC(=O)O)n2)c1C(=O)Nc1cccc(OC)c1. The number of amides is 2. The molecule has 11 heteroatoms. The van der Waals surface area contributed by atoms with E-state index in [9.17, 15) is 14.4 Å². The first-order chi connectivity index (χ1) is 14.9. The maximum atomic E-state index is 12.9. The predicted molar refractivity (Wildman–Crippen MR) is 111 cm³/mol. The van der Waals surface area contributed by atoms with E-state index >= 15 is 0 Å². The van der Waals surface area contributed by atoms with Crippen molar-refractivity contribution < 1.29 is 24.2 Å². The normalized spacial score (nSPS) is 10.5. The van der Waals surface area contributed by atoms with Crippen molar-refractivity contribution in [2.24, 2.45) is 0 Å². The quantitative estimate of drug-likeness (QED) is 0.476. The number of hydrogen-bond acceptors (Lipinski definition) is 6. The van der Waals surface area contributed by atoms with Crippen molar-refractivity contribution in [2.75, 3.05) is 17.7 Å². The summed E-state index contributed by atoms with van der Waals surface area (Å²) in [7, 11) is 1.53. The highest BCUT2D eigenvalue weighted by Crippen LogP contribution is 2.21. The molecule has 0 saturated carbocycles. The monoisotopic (exact) mass is 426 g/mol. The van der Waals surface area contributed by atoms with Crippen molar-refractivity contribution >= 4 is 29.2 Å². The van der Waals surface area contributed by atoms with Gasteiger partial charge in [-0.2, -0.15) is 10.2 Å². The molecule has 0 saturated heterocycles. The second-order valence-electron chi connectivity index (χ2n) is 6.47. The van der Waals surface area contributed by atoms with E-state index in [2.05, 4.69) is 20.8 Å². The Hall–Kier alpha value is -4.15. The number of nitrogens with one attached hydrogen (secondary N) is 2. The Morgan fingerprint density at radius 2 is 1.97 bits per heavy atom. The van der Waals surface area contributed by atoms with Gasteiger partial charge in [0, 0.05) is 24.5 Å². The number of benzene rings is 1. The van der Waals surface area contributed by atoms with E-state index < -0.39 is 17.8 Å². The first-order valence-electron chi connectivity index (χ1n) is 9.49. The molecule has 2 amide bonds. The topological polar surface area (TPSA) is 140 Å².